The van der Waals surface area contributed by atoms with Crippen molar-refractivity contribution in [2.24, 2.45) is 5.73 Å². The first-order valence-corrected chi connectivity index (χ1v) is 7.29. The van der Waals surface area contributed by atoms with Gasteiger partial charge in [-0.1, -0.05) is 0 Å². The van der Waals surface area contributed by atoms with E-state index in [4.69, 9.17) is 10.5 Å². The molecule has 0 fully saturated rings. The molecular weight excluding hydrogens is 274 g/mol. The SMILES string of the molecule is CC(C)Oc1cncc(C(=O)c2csc(CCN)n2)c1. The van der Waals surface area contributed by atoms with E-state index in [1.165, 1.54) is 17.5 Å². The predicted molar refractivity (Wildman–Crippen MR) is 78.3 cm³/mol. The highest BCUT2D eigenvalue weighted by molar-refractivity contribution is 7.09. The number of carbonyl (C=O) groups excluding carboxylic acids is 1. The van der Waals surface area contributed by atoms with E-state index >= 15 is 0 Å². The minimum atomic E-state index is -0.147. The third-order valence-electron chi connectivity index (χ3n) is 2.49. The summed E-state index contributed by atoms with van der Waals surface area (Å²) in [6, 6.07) is 1.69. The lowest BCUT2D eigenvalue weighted by Gasteiger charge is -2.09. The fourth-order valence-electron chi connectivity index (χ4n) is 1.68. The monoisotopic (exact) mass is 291 g/mol. The van der Waals surface area contributed by atoms with Crippen LogP contribution in [0.15, 0.2) is 23.8 Å². The van der Waals surface area contributed by atoms with E-state index in [9.17, 15) is 4.79 Å². The molecular formula is C14H17N3O2S. The molecule has 0 spiro atoms. The molecule has 0 radical (unpaired) electrons. The zero-order valence-electron chi connectivity index (χ0n) is 11.5. The van der Waals surface area contributed by atoms with Crippen LogP contribution in [-0.4, -0.2) is 28.4 Å². The first kappa shape index (κ1) is 14.6. The smallest absolute Gasteiger partial charge is 0.213 e. The van der Waals surface area contributed by atoms with Crippen molar-refractivity contribution in [1.29, 1.82) is 0 Å². The molecule has 20 heavy (non-hydrogen) atoms. The first-order chi connectivity index (χ1) is 9.60. The number of rotatable bonds is 6. The molecule has 106 valence electrons. The Kier molecular flexibility index (Phi) is 4.81. The zero-order chi connectivity index (χ0) is 14.5. The van der Waals surface area contributed by atoms with E-state index in [1.54, 1.807) is 17.6 Å². The number of pyridine rings is 1. The van der Waals surface area contributed by atoms with Gasteiger partial charge in [0.15, 0.2) is 0 Å². The fourth-order valence-corrected chi connectivity index (χ4v) is 2.48. The van der Waals surface area contributed by atoms with Crippen LogP contribution in [-0.2, 0) is 6.42 Å². The summed E-state index contributed by atoms with van der Waals surface area (Å²) in [4.78, 5) is 20.6. The highest BCUT2D eigenvalue weighted by Gasteiger charge is 2.14. The van der Waals surface area contributed by atoms with Gasteiger partial charge in [0, 0.05) is 23.6 Å². The summed E-state index contributed by atoms with van der Waals surface area (Å²) in [6.07, 6.45) is 3.85. The van der Waals surface area contributed by atoms with Gasteiger partial charge in [-0.3, -0.25) is 9.78 Å². The van der Waals surface area contributed by atoms with Gasteiger partial charge in [0.05, 0.1) is 17.3 Å². The molecule has 0 unspecified atom stereocenters. The molecule has 0 aliphatic carbocycles. The van der Waals surface area contributed by atoms with Gasteiger partial charge in [0.1, 0.15) is 11.4 Å². The third kappa shape index (κ3) is 3.61. The Hall–Kier alpha value is -1.79. The number of nitrogens with two attached hydrogens (primary N) is 1. The molecule has 0 saturated carbocycles. The lowest BCUT2D eigenvalue weighted by molar-refractivity contribution is 0.103. The number of carbonyl (C=O) groups is 1. The van der Waals surface area contributed by atoms with Crippen molar-refractivity contribution in [3.63, 3.8) is 0 Å². The maximum Gasteiger partial charge on any atom is 0.213 e. The molecule has 0 aromatic carbocycles. The summed E-state index contributed by atoms with van der Waals surface area (Å²) >= 11 is 1.45. The van der Waals surface area contributed by atoms with Crippen molar-refractivity contribution in [1.82, 2.24) is 9.97 Å². The second kappa shape index (κ2) is 6.58. The van der Waals surface area contributed by atoms with E-state index < -0.39 is 0 Å². The van der Waals surface area contributed by atoms with Gasteiger partial charge in [0.25, 0.3) is 0 Å². The quantitative estimate of drug-likeness (QED) is 0.824. The second-order valence-electron chi connectivity index (χ2n) is 4.57. The van der Waals surface area contributed by atoms with Crippen molar-refractivity contribution < 1.29 is 9.53 Å². The molecule has 0 aliphatic rings. The molecule has 2 aromatic rings. The molecule has 2 rings (SSSR count). The average molecular weight is 291 g/mol. The Balaban J connectivity index is 2.19. The highest BCUT2D eigenvalue weighted by Crippen LogP contribution is 2.18. The van der Waals surface area contributed by atoms with Crippen LogP contribution in [0.2, 0.25) is 0 Å². The molecule has 2 heterocycles. The molecule has 0 amide bonds. The van der Waals surface area contributed by atoms with E-state index in [1.807, 2.05) is 13.8 Å². The fraction of sp³-hybridized carbons (Fsp3) is 0.357. The standard InChI is InChI=1S/C14H17N3O2S/c1-9(2)19-11-5-10(6-16-7-11)14(18)12-8-20-13(17-12)3-4-15/h5-9H,3-4,15H2,1-2H3. The van der Waals surface area contributed by atoms with Crippen LogP contribution in [0, 0.1) is 0 Å². The summed E-state index contributed by atoms with van der Waals surface area (Å²) in [5.74, 6) is 0.439. The minimum Gasteiger partial charge on any atom is -0.489 e. The van der Waals surface area contributed by atoms with E-state index in [0.717, 1.165) is 5.01 Å². The van der Waals surface area contributed by atoms with Crippen molar-refractivity contribution in [3.05, 3.63) is 40.1 Å². The van der Waals surface area contributed by atoms with Crippen molar-refractivity contribution in [2.75, 3.05) is 6.54 Å². The third-order valence-corrected chi connectivity index (χ3v) is 3.40. The number of ketones is 1. The summed E-state index contributed by atoms with van der Waals surface area (Å²) < 4.78 is 5.54. The van der Waals surface area contributed by atoms with Gasteiger partial charge >= 0.3 is 0 Å². The molecule has 0 bridgehead atoms. The topological polar surface area (TPSA) is 78.1 Å². The molecule has 2 N–H and O–H groups in total. The number of nitrogens with zero attached hydrogens (tertiary/aromatic N) is 2. The number of hydrogen-bond donors (Lipinski definition) is 1. The zero-order valence-corrected chi connectivity index (χ0v) is 12.3. The van der Waals surface area contributed by atoms with Crippen molar-refractivity contribution in [3.8, 4) is 5.75 Å². The van der Waals surface area contributed by atoms with Crippen LogP contribution >= 0.6 is 11.3 Å². The Labute approximate surface area is 121 Å². The number of hydrogen-bond acceptors (Lipinski definition) is 6. The summed E-state index contributed by atoms with van der Waals surface area (Å²) in [5, 5.41) is 2.63. The number of aromatic nitrogens is 2. The largest absolute Gasteiger partial charge is 0.489 e. The molecule has 0 atom stereocenters. The van der Waals surface area contributed by atoms with Crippen LogP contribution in [0.5, 0.6) is 5.75 Å². The van der Waals surface area contributed by atoms with E-state index in [0.29, 0.717) is 30.0 Å². The number of ether oxygens (including phenoxy) is 1. The lowest BCUT2D eigenvalue weighted by Crippen LogP contribution is -2.08. The van der Waals surface area contributed by atoms with Crippen molar-refractivity contribution >= 4 is 17.1 Å². The minimum absolute atomic E-state index is 0.0394. The van der Waals surface area contributed by atoms with E-state index in [-0.39, 0.29) is 11.9 Å². The molecule has 2 aromatic heterocycles. The molecule has 5 nitrogen and oxygen atoms in total. The Bertz CT molecular complexity index is 596. The maximum absolute atomic E-state index is 12.3. The summed E-state index contributed by atoms with van der Waals surface area (Å²) in [5.41, 5.74) is 6.39. The Morgan fingerprint density at radius 1 is 1.45 bits per heavy atom. The predicted octanol–water partition coefficient (Wildman–Crippen LogP) is 2.06. The summed E-state index contributed by atoms with van der Waals surface area (Å²) in [7, 11) is 0. The molecule has 0 aliphatic heterocycles. The van der Waals surface area contributed by atoms with Crippen LogP contribution in [0.3, 0.4) is 0 Å². The van der Waals surface area contributed by atoms with Gasteiger partial charge in [-0.05, 0) is 26.5 Å². The summed E-state index contributed by atoms with van der Waals surface area (Å²) in [6.45, 7) is 4.38. The maximum atomic E-state index is 12.3. The lowest BCUT2D eigenvalue weighted by atomic mass is 10.1. The van der Waals surface area contributed by atoms with Gasteiger partial charge in [-0.15, -0.1) is 11.3 Å². The van der Waals surface area contributed by atoms with Gasteiger partial charge in [-0.2, -0.15) is 0 Å². The average Bonchev–Trinajstić information content (AvgIpc) is 2.86. The highest BCUT2D eigenvalue weighted by atomic mass is 32.1. The van der Waals surface area contributed by atoms with Crippen molar-refractivity contribution in [2.45, 2.75) is 26.4 Å². The molecule has 0 saturated heterocycles. The normalized spacial score (nSPS) is 10.8. The Morgan fingerprint density at radius 3 is 2.95 bits per heavy atom. The van der Waals surface area contributed by atoms with Gasteiger partial charge in [0.2, 0.25) is 5.78 Å². The Morgan fingerprint density at radius 2 is 2.25 bits per heavy atom. The van der Waals surface area contributed by atoms with Crippen LogP contribution in [0.25, 0.3) is 0 Å². The molecule has 6 heteroatoms. The van der Waals surface area contributed by atoms with Gasteiger partial charge in [-0.25, -0.2) is 4.98 Å². The van der Waals surface area contributed by atoms with Crippen LogP contribution < -0.4 is 10.5 Å². The first-order valence-electron chi connectivity index (χ1n) is 6.41. The van der Waals surface area contributed by atoms with Crippen LogP contribution in [0.4, 0.5) is 0 Å². The number of thiazole rings is 1. The second-order valence-corrected chi connectivity index (χ2v) is 5.51. The van der Waals surface area contributed by atoms with E-state index in [2.05, 4.69) is 9.97 Å². The van der Waals surface area contributed by atoms with Crippen LogP contribution in [0.1, 0.15) is 34.9 Å². The van der Waals surface area contributed by atoms with Gasteiger partial charge < -0.3 is 10.5 Å².